The van der Waals surface area contributed by atoms with Crippen molar-refractivity contribution in [1.29, 1.82) is 0 Å². The zero-order valence-corrected chi connectivity index (χ0v) is 15.3. The maximum atomic E-state index is 12.1. The summed E-state index contributed by atoms with van der Waals surface area (Å²) >= 11 is 2.90. The summed E-state index contributed by atoms with van der Waals surface area (Å²) in [5.41, 5.74) is 4.03. The van der Waals surface area contributed by atoms with E-state index >= 15 is 0 Å². The van der Waals surface area contributed by atoms with Gasteiger partial charge in [0.1, 0.15) is 16.9 Å². The van der Waals surface area contributed by atoms with Crippen molar-refractivity contribution in [2.24, 2.45) is 0 Å². The molecule has 0 amide bonds. The second-order valence-corrected chi connectivity index (χ2v) is 7.57. The third-order valence-electron chi connectivity index (χ3n) is 3.84. The maximum absolute atomic E-state index is 12.1. The first kappa shape index (κ1) is 16.0. The van der Waals surface area contributed by atoms with Gasteiger partial charge >= 0.3 is 0 Å². The Kier molecular flexibility index (Phi) is 4.14. The minimum absolute atomic E-state index is 0.0911. The molecule has 0 spiro atoms. The Labute approximate surface area is 152 Å². The van der Waals surface area contributed by atoms with E-state index < -0.39 is 0 Å². The lowest BCUT2D eigenvalue weighted by molar-refractivity contribution is 0.874. The molecule has 4 rings (SSSR count). The number of aryl methyl sites for hydroxylation is 2. The molecule has 126 valence electrons. The van der Waals surface area contributed by atoms with Gasteiger partial charge in [0.2, 0.25) is 0 Å². The number of hydrogen-bond donors (Lipinski definition) is 1. The summed E-state index contributed by atoms with van der Waals surface area (Å²) in [7, 11) is 0. The number of benzene rings is 1. The van der Waals surface area contributed by atoms with Crippen LogP contribution in [0.2, 0.25) is 0 Å². The molecule has 1 aromatic carbocycles. The fourth-order valence-corrected chi connectivity index (χ4v) is 4.11. The largest absolute Gasteiger partial charge is 0.309 e. The molecule has 8 heteroatoms. The predicted molar refractivity (Wildman–Crippen MR) is 101 cm³/mol. The van der Waals surface area contributed by atoms with Gasteiger partial charge in [0.05, 0.1) is 17.0 Å². The molecule has 0 atom stereocenters. The smallest absolute Gasteiger partial charge is 0.268 e. The van der Waals surface area contributed by atoms with Crippen molar-refractivity contribution >= 4 is 33.3 Å². The summed E-state index contributed by atoms with van der Waals surface area (Å²) in [6.45, 7) is 4.12. The Morgan fingerprint density at radius 1 is 1.28 bits per heavy atom. The molecule has 3 aromatic heterocycles. The van der Waals surface area contributed by atoms with Gasteiger partial charge in [-0.05, 0) is 42.5 Å². The van der Waals surface area contributed by atoms with E-state index in [9.17, 15) is 4.79 Å². The molecule has 4 aromatic rings. The third-order valence-corrected chi connectivity index (χ3v) is 5.70. The van der Waals surface area contributed by atoms with Gasteiger partial charge in [-0.2, -0.15) is 0 Å². The van der Waals surface area contributed by atoms with Crippen LogP contribution in [0.25, 0.3) is 15.9 Å². The molecular weight excluding hydrogens is 354 g/mol. The molecule has 0 unspecified atom stereocenters. The van der Waals surface area contributed by atoms with Gasteiger partial charge < -0.3 is 4.98 Å². The highest BCUT2D eigenvalue weighted by atomic mass is 32.2. The number of H-pyrrole nitrogens is 1. The predicted octanol–water partition coefficient (Wildman–Crippen LogP) is 3.47. The highest BCUT2D eigenvalue weighted by molar-refractivity contribution is 7.98. The fraction of sp³-hybridized carbons (Fsp3) is 0.176. The Balaban J connectivity index is 1.62. The molecule has 3 heterocycles. The average Bonchev–Trinajstić information content (AvgIpc) is 3.24. The van der Waals surface area contributed by atoms with Crippen molar-refractivity contribution in [3.05, 3.63) is 63.3 Å². The standard InChI is InChI=1S/C17H15N5OS2/c1-10-3-4-11(2)13(7-10)22-9-18-21-17(22)25-8-14-19-12-5-6-24-15(12)16(23)20-14/h3-7,9H,8H2,1-2H3,(H,19,20,23). The van der Waals surface area contributed by atoms with Crippen LogP contribution >= 0.6 is 23.1 Å². The van der Waals surface area contributed by atoms with Gasteiger partial charge in [-0.3, -0.25) is 9.36 Å². The van der Waals surface area contributed by atoms with Crippen LogP contribution in [0.4, 0.5) is 0 Å². The van der Waals surface area contributed by atoms with Crippen LogP contribution in [0.15, 0.2) is 45.9 Å². The number of aromatic nitrogens is 5. The molecule has 25 heavy (non-hydrogen) atoms. The first-order chi connectivity index (χ1) is 12.1. The molecule has 0 saturated heterocycles. The fourth-order valence-electron chi connectivity index (χ4n) is 2.59. The van der Waals surface area contributed by atoms with Crippen LogP contribution in [0.1, 0.15) is 17.0 Å². The van der Waals surface area contributed by atoms with E-state index in [0.717, 1.165) is 21.9 Å². The molecular formula is C17H15N5OS2. The topological polar surface area (TPSA) is 76.5 Å². The van der Waals surface area contributed by atoms with Gasteiger partial charge in [0.15, 0.2) is 5.16 Å². The van der Waals surface area contributed by atoms with Crippen molar-refractivity contribution in [2.45, 2.75) is 24.8 Å². The average molecular weight is 369 g/mol. The minimum Gasteiger partial charge on any atom is -0.309 e. The lowest BCUT2D eigenvalue weighted by Gasteiger charge is -2.10. The monoisotopic (exact) mass is 369 g/mol. The molecule has 0 aliphatic heterocycles. The maximum Gasteiger partial charge on any atom is 0.268 e. The summed E-state index contributed by atoms with van der Waals surface area (Å²) in [6.07, 6.45) is 1.71. The van der Waals surface area contributed by atoms with Gasteiger partial charge in [-0.15, -0.1) is 21.5 Å². The minimum atomic E-state index is -0.0911. The number of thioether (sulfide) groups is 1. The number of nitrogens with zero attached hydrogens (tertiary/aromatic N) is 4. The quantitative estimate of drug-likeness (QED) is 0.557. The molecule has 0 saturated carbocycles. The van der Waals surface area contributed by atoms with E-state index in [2.05, 4.69) is 52.2 Å². The van der Waals surface area contributed by atoms with Crippen molar-refractivity contribution < 1.29 is 0 Å². The first-order valence-electron chi connectivity index (χ1n) is 7.68. The van der Waals surface area contributed by atoms with Gasteiger partial charge in [-0.1, -0.05) is 23.9 Å². The lowest BCUT2D eigenvalue weighted by atomic mass is 10.1. The summed E-state index contributed by atoms with van der Waals surface area (Å²) in [5.74, 6) is 1.15. The van der Waals surface area contributed by atoms with Crippen molar-refractivity contribution in [3.8, 4) is 5.69 Å². The molecule has 0 aliphatic carbocycles. The van der Waals surface area contributed by atoms with Crippen molar-refractivity contribution in [2.75, 3.05) is 0 Å². The second-order valence-electron chi connectivity index (χ2n) is 5.71. The van der Waals surface area contributed by atoms with E-state index in [1.54, 1.807) is 6.33 Å². The highest BCUT2D eigenvalue weighted by Gasteiger charge is 2.11. The Morgan fingerprint density at radius 3 is 3.04 bits per heavy atom. The van der Waals surface area contributed by atoms with Crippen LogP contribution in [-0.2, 0) is 5.75 Å². The number of thiophene rings is 1. The number of hydrogen-bond acceptors (Lipinski definition) is 6. The SMILES string of the molecule is Cc1ccc(C)c(-n2cnnc2SCc2nc3ccsc3c(=O)[nH]2)c1. The molecule has 1 N–H and O–H groups in total. The zero-order valence-electron chi connectivity index (χ0n) is 13.7. The Morgan fingerprint density at radius 2 is 2.16 bits per heavy atom. The number of rotatable bonds is 4. The van der Waals surface area contributed by atoms with E-state index in [4.69, 9.17) is 0 Å². The van der Waals surface area contributed by atoms with Crippen LogP contribution in [0, 0.1) is 13.8 Å². The number of nitrogens with one attached hydrogen (secondary N) is 1. The van der Waals surface area contributed by atoms with E-state index in [0.29, 0.717) is 16.3 Å². The van der Waals surface area contributed by atoms with Crippen LogP contribution < -0.4 is 5.56 Å². The number of fused-ring (bicyclic) bond motifs is 1. The summed E-state index contributed by atoms with van der Waals surface area (Å²) < 4.78 is 2.63. The molecule has 0 bridgehead atoms. The van der Waals surface area contributed by atoms with Gasteiger partial charge in [-0.25, -0.2) is 4.98 Å². The highest BCUT2D eigenvalue weighted by Crippen LogP contribution is 2.25. The normalized spacial score (nSPS) is 11.3. The lowest BCUT2D eigenvalue weighted by Crippen LogP contribution is -2.09. The molecule has 0 radical (unpaired) electrons. The second kappa shape index (κ2) is 6.45. The van der Waals surface area contributed by atoms with Crippen molar-refractivity contribution in [1.82, 2.24) is 24.7 Å². The summed E-state index contributed by atoms with van der Waals surface area (Å²) in [4.78, 5) is 19.4. The van der Waals surface area contributed by atoms with Gasteiger partial charge in [0.25, 0.3) is 5.56 Å². The summed E-state index contributed by atoms with van der Waals surface area (Å²) in [5, 5.41) is 10.9. The Bertz CT molecular complexity index is 1110. The molecule has 6 nitrogen and oxygen atoms in total. The van der Waals surface area contributed by atoms with E-state index in [1.807, 2.05) is 16.0 Å². The Hall–Kier alpha value is -2.45. The van der Waals surface area contributed by atoms with Crippen LogP contribution in [-0.4, -0.2) is 24.7 Å². The third kappa shape index (κ3) is 3.10. The molecule has 0 fully saturated rings. The summed E-state index contributed by atoms with van der Waals surface area (Å²) in [6, 6.07) is 8.14. The van der Waals surface area contributed by atoms with Gasteiger partial charge in [0, 0.05) is 0 Å². The first-order valence-corrected chi connectivity index (χ1v) is 9.55. The zero-order chi connectivity index (χ0) is 17.4. The molecule has 0 aliphatic rings. The number of aromatic amines is 1. The van der Waals surface area contributed by atoms with Crippen LogP contribution in [0.5, 0.6) is 0 Å². The van der Waals surface area contributed by atoms with E-state index in [1.165, 1.54) is 28.7 Å². The van der Waals surface area contributed by atoms with Crippen LogP contribution in [0.3, 0.4) is 0 Å². The van der Waals surface area contributed by atoms with Crippen molar-refractivity contribution in [3.63, 3.8) is 0 Å². The van der Waals surface area contributed by atoms with E-state index in [-0.39, 0.29) is 5.56 Å².